The lowest BCUT2D eigenvalue weighted by Gasteiger charge is -2.33. The van der Waals surface area contributed by atoms with Gasteiger partial charge in [0.05, 0.1) is 22.6 Å². The number of halogens is 1. The van der Waals surface area contributed by atoms with Gasteiger partial charge >= 0.3 is 0 Å². The molecule has 1 unspecified atom stereocenters. The summed E-state index contributed by atoms with van der Waals surface area (Å²) < 4.78 is 1.63. The van der Waals surface area contributed by atoms with Crippen molar-refractivity contribution in [3.05, 3.63) is 69.7 Å². The first-order valence-corrected chi connectivity index (χ1v) is 11.8. The maximum absolute atomic E-state index is 13.6. The smallest absolute Gasteiger partial charge is 0.266 e. The standard InChI is InChI=1S/C26H32ClN3O2/c1-5-7-15-29(24(31)16-18(3)4)23(6-2)25-28-22-14-9-8-13-21(22)26(32)30(25)20-12-10-11-19(27)17-20/h8-14,17-18,23H,5-7,15-16H2,1-4H3. The Kier molecular flexibility index (Phi) is 8.08. The van der Waals surface area contributed by atoms with E-state index in [2.05, 4.69) is 6.92 Å². The molecule has 1 aromatic heterocycles. The Morgan fingerprint density at radius 2 is 1.88 bits per heavy atom. The van der Waals surface area contributed by atoms with E-state index in [9.17, 15) is 9.59 Å². The number of unbranched alkanes of at least 4 members (excludes halogenated alkanes) is 1. The van der Waals surface area contributed by atoms with E-state index in [4.69, 9.17) is 16.6 Å². The SMILES string of the molecule is CCCCN(C(=O)CC(C)C)C(CC)c1nc2ccccc2c(=O)n1-c1cccc(Cl)c1. The molecule has 3 rings (SSSR count). The highest BCUT2D eigenvalue weighted by molar-refractivity contribution is 6.30. The molecule has 1 heterocycles. The van der Waals surface area contributed by atoms with Crippen LogP contribution in [0.4, 0.5) is 0 Å². The highest BCUT2D eigenvalue weighted by atomic mass is 35.5. The van der Waals surface area contributed by atoms with Gasteiger partial charge in [-0.1, -0.05) is 63.9 Å². The molecule has 0 aliphatic rings. The summed E-state index contributed by atoms with van der Waals surface area (Å²) in [5, 5.41) is 1.08. The third-order valence-electron chi connectivity index (χ3n) is 5.58. The second-order valence-electron chi connectivity index (χ2n) is 8.57. The van der Waals surface area contributed by atoms with E-state index < -0.39 is 0 Å². The number of amides is 1. The molecule has 0 fully saturated rings. The third-order valence-corrected chi connectivity index (χ3v) is 5.82. The molecule has 0 radical (unpaired) electrons. The fourth-order valence-electron chi connectivity index (χ4n) is 4.03. The lowest BCUT2D eigenvalue weighted by atomic mass is 10.1. The minimum Gasteiger partial charge on any atom is -0.332 e. The maximum atomic E-state index is 13.6. The lowest BCUT2D eigenvalue weighted by Crippen LogP contribution is -2.39. The van der Waals surface area contributed by atoms with Crippen molar-refractivity contribution in [2.24, 2.45) is 5.92 Å². The summed E-state index contributed by atoms with van der Waals surface area (Å²) in [4.78, 5) is 33.8. The van der Waals surface area contributed by atoms with Crippen molar-refractivity contribution >= 4 is 28.4 Å². The van der Waals surface area contributed by atoms with Gasteiger partial charge in [0.15, 0.2) is 0 Å². The molecule has 170 valence electrons. The topological polar surface area (TPSA) is 55.2 Å². The molecule has 0 spiro atoms. The zero-order valence-electron chi connectivity index (χ0n) is 19.3. The summed E-state index contributed by atoms with van der Waals surface area (Å²) in [5.41, 5.74) is 1.13. The molecule has 0 saturated carbocycles. The zero-order chi connectivity index (χ0) is 23.3. The van der Waals surface area contributed by atoms with Crippen LogP contribution in [-0.4, -0.2) is 26.9 Å². The average Bonchev–Trinajstić information content (AvgIpc) is 2.76. The molecule has 3 aromatic rings. The average molecular weight is 454 g/mol. The summed E-state index contributed by atoms with van der Waals surface area (Å²) in [6.45, 7) is 8.89. The number of benzene rings is 2. The molecule has 6 heteroatoms. The van der Waals surface area contributed by atoms with E-state index in [0.717, 1.165) is 12.8 Å². The lowest BCUT2D eigenvalue weighted by molar-refractivity contribution is -0.135. The van der Waals surface area contributed by atoms with Gasteiger partial charge in [-0.2, -0.15) is 0 Å². The Balaban J connectivity index is 2.26. The van der Waals surface area contributed by atoms with Gasteiger partial charge in [0, 0.05) is 18.0 Å². The van der Waals surface area contributed by atoms with Crippen molar-refractivity contribution in [2.75, 3.05) is 6.54 Å². The first-order chi connectivity index (χ1) is 15.4. The molecule has 0 saturated heterocycles. The first kappa shape index (κ1) is 24.0. The first-order valence-electron chi connectivity index (χ1n) is 11.4. The van der Waals surface area contributed by atoms with Crippen LogP contribution >= 0.6 is 11.6 Å². The van der Waals surface area contributed by atoms with Crippen LogP contribution in [0.25, 0.3) is 16.6 Å². The van der Waals surface area contributed by atoms with Crippen molar-refractivity contribution in [3.8, 4) is 5.69 Å². The number of hydrogen-bond donors (Lipinski definition) is 0. The fraction of sp³-hybridized carbons (Fsp3) is 0.423. The minimum atomic E-state index is -0.316. The van der Waals surface area contributed by atoms with Gasteiger partial charge in [-0.25, -0.2) is 4.98 Å². The molecule has 5 nitrogen and oxygen atoms in total. The van der Waals surface area contributed by atoms with Crippen LogP contribution in [0.5, 0.6) is 0 Å². The largest absolute Gasteiger partial charge is 0.332 e. The number of para-hydroxylation sites is 1. The Bertz CT molecular complexity index is 1140. The van der Waals surface area contributed by atoms with Gasteiger partial charge in [0.25, 0.3) is 5.56 Å². The van der Waals surface area contributed by atoms with Crippen molar-refractivity contribution in [1.82, 2.24) is 14.5 Å². The highest BCUT2D eigenvalue weighted by Gasteiger charge is 2.29. The normalized spacial score (nSPS) is 12.3. The molecule has 2 aromatic carbocycles. The Labute approximate surface area is 195 Å². The minimum absolute atomic E-state index is 0.0975. The van der Waals surface area contributed by atoms with Crippen LogP contribution in [0.3, 0.4) is 0 Å². The van der Waals surface area contributed by atoms with Gasteiger partial charge in [0.2, 0.25) is 5.91 Å². The summed E-state index contributed by atoms with van der Waals surface area (Å²) in [6.07, 6.45) is 3.00. The molecular weight excluding hydrogens is 422 g/mol. The summed E-state index contributed by atoms with van der Waals surface area (Å²) >= 11 is 6.27. The van der Waals surface area contributed by atoms with Crippen LogP contribution in [0, 0.1) is 5.92 Å². The van der Waals surface area contributed by atoms with Gasteiger partial charge in [-0.3, -0.25) is 14.2 Å². The van der Waals surface area contributed by atoms with E-state index in [1.54, 1.807) is 22.8 Å². The maximum Gasteiger partial charge on any atom is 0.266 e. The number of nitrogens with zero attached hydrogens (tertiary/aromatic N) is 3. The van der Waals surface area contributed by atoms with E-state index in [1.807, 2.05) is 56.0 Å². The van der Waals surface area contributed by atoms with Crippen molar-refractivity contribution in [1.29, 1.82) is 0 Å². The number of aromatic nitrogens is 2. The Morgan fingerprint density at radius 1 is 1.12 bits per heavy atom. The van der Waals surface area contributed by atoms with Crippen molar-refractivity contribution in [2.45, 2.75) is 59.4 Å². The molecule has 0 N–H and O–H groups in total. The second-order valence-corrected chi connectivity index (χ2v) is 9.01. The van der Waals surface area contributed by atoms with Gasteiger partial charge in [0.1, 0.15) is 5.82 Å². The van der Waals surface area contributed by atoms with Crippen LogP contribution in [0.15, 0.2) is 53.3 Å². The quantitative estimate of drug-likeness (QED) is 0.389. The van der Waals surface area contributed by atoms with Gasteiger partial charge in [-0.15, -0.1) is 0 Å². The number of carbonyl (C=O) groups excluding carboxylic acids is 1. The third kappa shape index (κ3) is 5.21. The number of hydrogen-bond acceptors (Lipinski definition) is 3. The Hall–Kier alpha value is -2.66. The van der Waals surface area contributed by atoms with Crippen LogP contribution in [0.1, 0.15) is 65.2 Å². The predicted octanol–water partition coefficient (Wildman–Crippen LogP) is 6.17. The van der Waals surface area contributed by atoms with Gasteiger partial charge < -0.3 is 4.90 Å². The monoisotopic (exact) mass is 453 g/mol. The van der Waals surface area contributed by atoms with Gasteiger partial charge in [-0.05, 0) is 49.1 Å². The number of carbonyl (C=O) groups is 1. The Morgan fingerprint density at radius 3 is 2.53 bits per heavy atom. The summed E-state index contributed by atoms with van der Waals surface area (Å²) in [7, 11) is 0. The van der Waals surface area contributed by atoms with Crippen LogP contribution in [0.2, 0.25) is 5.02 Å². The number of fused-ring (bicyclic) bond motifs is 1. The second kappa shape index (κ2) is 10.8. The summed E-state index contributed by atoms with van der Waals surface area (Å²) in [5.74, 6) is 0.927. The fourth-order valence-corrected chi connectivity index (χ4v) is 4.21. The van der Waals surface area contributed by atoms with Crippen molar-refractivity contribution < 1.29 is 4.79 Å². The van der Waals surface area contributed by atoms with E-state index >= 15 is 0 Å². The molecule has 1 atom stereocenters. The summed E-state index contributed by atoms with van der Waals surface area (Å²) in [6, 6.07) is 14.3. The predicted molar refractivity (Wildman–Crippen MR) is 131 cm³/mol. The number of rotatable bonds is 9. The molecule has 32 heavy (non-hydrogen) atoms. The van der Waals surface area contributed by atoms with Crippen LogP contribution in [-0.2, 0) is 4.79 Å². The van der Waals surface area contributed by atoms with E-state index in [0.29, 0.717) is 46.8 Å². The molecule has 0 bridgehead atoms. The molecule has 0 aliphatic carbocycles. The highest BCUT2D eigenvalue weighted by Crippen LogP contribution is 2.28. The van der Waals surface area contributed by atoms with E-state index in [-0.39, 0.29) is 23.4 Å². The van der Waals surface area contributed by atoms with Crippen LogP contribution < -0.4 is 5.56 Å². The molecular formula is C26H32ClN3O2. The zero-order valence-corrected chi connectivity index (χ0v) is 20.1. The van der Waals surface area contributed by atoms with E-state index in [1.165, 1.54) is 0 Å². The van der Waals surface area contributed by atoms with Crippen molar-refractivity contribution in [3.63, 3.8) is 0 Å². The molecule has 0 aliphatic heterocycles. The molecule has 1 amide bonds.